The SMILES string of the molecule is C#CCCC1(CCC(=O)NC2CCN(CCC=C)CC2)N=N1. The predicted molar refractivity (Wildman–Crippen MR) is 87.3 cm³/mol. The van der Waals surface area contributed by atoms with Crippen molar-refractivity contribution in [2.45, 2.75) is 56.7 Å². The zero-order valence-electron chi connectivity index (χ0n) is 13.3. The van der Waals surface area contributed by atoms with Gasteiger partial charge in [0, 0.05) is 51.4 Å². The average Bonchev–Trinajstić information content (AvgIpc) is 3.31. The monoisotopic (exact) mass is 302 g/mol. The molecule has 2 aliphatic rings. The van der Waals surface area contributed by atoms with Crippen LogP contribution in [0.15, 0.2) is 22.9 Å². The van der Waals surface area contributed by atoms with E-state index in [-0.39, 0.29) is 11.6 Å². The second kappa shape index (κ2) is 8.09. The van der Waals surface area contributed by atoms with Crippen molar-refractivity contribution in [1.29, 1.82) is 0 Å². The van der Waals surface area contributed by atoms with E-state index in [1.165, 1.54) is 0 Å². The number of carbonyl (C=O) groups excluding carboxylic acids is 1. The van der Waals surface area contributed by atoms with Gasteiger partial charge in [0.2, 0.25) is 5.91 Å². The van der Waals surface area contributed by atoms with Crippen LogP contribution < -0.4 is 5.32 Å². The van der Waals surface area contributed by atoms with Crippen LogP contribution in [0.3, 0.4) is 0 Å². The van der Waals surface area contributed by atoms with Crippen LogP contribution in [0.5, 0.6) is 0 Å². The molecule has 0 saturated carbocycles. The number of hydrogen-bond donors (Lipinski definition) is 1. The first-order valence-corrected chi connectivity index (χ1v) is 8.17. The molecule has 22 heavy (non-hydrogen) atoms. The van der Waals surface area contributed by atoms with E-state index in [2.05, 4.69) is 32.9 Å². The van der Waals surface area contributed by atoms with Crippen molar-refractivity contribution >= 4 is 5.91 Å². The Labute approximate surface area is 133 Å². The number of nitrogens with one attached hydrogen (secondary N) is 1. The molecular weight excluding hydrogens is 276 g/mol. The number of hydrogen-bond acceptors (Lipinski definition) is 4. The lowest BCUT2D eigenvalue weighted by molar-refractivity contribution is -0.122. The minimum absolute atomic E-state index is 0.113. The van der Waals surface area contributed by atoms with Crippen molar-refractivity contribution in [3.8, 4) is 12.3 Å². The minimum atomic E-state index is -0.349. The summed E-state index contributed by atoms with van der Waals surface area (Å²) in [6.45, 7) is 6.93. The van der Waals surface area contributed by atoms with Gasteiger partial charge in [-0.3, -0.25) is 4.79 Å². The quantitative estimate of drug-likeness (QED) is 0.525. The van der Waals surface area contributed by atoms with Gasteiger partial charge in [-0.25, -0.2) is 0 Å². The van der Waals surface area contributed by atoms with Gasteiger partial charge in [0.25, 0.3) is 0 Å². The van der Waals surface area contributed by atoms with Crippen LogP contribution in [0.25, 0.3) is 0 Å². The lowest BCUT2D eigenvalue weighted by Gasteiger charge is -2.32. The second-order valence-corrected chi connectivity index (χ2v) is 6.15. The summed E-state index contributed by atoms with van der Waals surface area (Å²) >= 11 is 0. The number of terminal acetylenes is 1. The number of piperidine rings is 1. The molecule has 0 aliphatic carbocycles. The van der Waals surface area contributed by atoms with Crippen molar-refractivity contribution in [2.75, 3.05) is 19.6 Å². The molecular formula is C17H26N4O. The molecule has 0 radical (unpaired) electrons. The first kappa shape index (κ1) is 16.7. The lowest BCUT2D eigenvalue weighted by Crippen LogP contribution is -2.44. The molecule has 0 aromatic heterocycles. The van der Waals surface area contributed by atoms with E-state index in [4.69, 9.17) is 6.42 Å². The summed E-state index contributed by atoms with van der Waals surface area (Å²) < 4.78 is 0. The maximum Gasteiger partial charge on any atom is 0.220 e. The van der Waals surface area contributed by atoms with Gasteiger partial charge < -0.3 is 10.2 Å². The molecule has 2 rings (SSSR count). The van der Waals surface area contributed by atoms with E-state index in [0.717, 1.165) is 45.3 Å². The summed E-state index contributed by atoms with van der Waals surface area (Å²) in [4.78, 5) is 14.5. The number of amides is 1. The fourth-order valence-electron chi connectivity index (χ4n) is 2.86. The topological polar surface area (TPSA) is 57.1 Å². The van der Waals surface area contributed by atoms with Crippen molar-refractivity contribution in [2.24, 2.45) is 10.2 Å². The third kappa shape index (κ3) is 5.27. The van der Waals surface area contributed by atoms with Crippen LogP contribution >= 0.6 is 0 Å². The Balaban J connectivity index is 1.60. The fourth-order valence-corrected chi connectivity index (χ4v) is 2.86. The van der Waals surface area contributed by atoms with Crippen LogP contribution in [0.1, 0.15) is 44.9 Å². The van der Waals surface area contributed by atoms with E-state index in [1.54, 1.807) is 0 Å². The van der Waals surface area contributed by atoms with Gasteiger partial charge in [-0.2, -0.15) is 10.2 Å². The summed E-state index contributed by atoms with van der Waals surface area (Å²) in [6.07, 6.45) is 12.9. The first-order chi connectivity index (χ1) is 10.7. The van der Waals surface area contributed by atoms with Crippen molar-refractivity contribution in [3.63, 3.8) is 0 Å². The Morgan fingerprint density at radius 1 is 1.41 bits per heavy atom. The van der Waals surface area contributed by atoms with Crippen LogP contribution in [0.4, 0.5) is 0 Å². The molecule has 0 atom stereocenters. The molecule has 0 bridgehead atoms. The molecule has 1 amide bonds. The van der Waals surface area contributed by atoms with Crippen LogP contribution in [0.2, 0.25) is 0 Å². The number of likely N-dealkylation sites (tertiary alicyclic amines) is 1. The Morgan fingerprint density at radius 2 is 2.14 bits per heavy atom. The Hall–Kier alpha value is -1.67. The van der Waals surface area contributed by atoms with E-state index >= 15 is 0 Å². The molecule has 0 aromatic rings. The predicted octanol–water partition coefficient (Wildman–Crippen LogP) is 2.50. The van der Waals surface area contributed by atoms with E-state index in [9.17, 15) is 4.79 Å². The van der Waals surface area contributed by atoms with Gasteiger partial charge >= 0.3 is 0 Å². The molecule has 2 aliphatic heterocycles. The number of carbonyl (C=O) groups is 1. The average molecular weight is 302 g/mol. The van der Waals surface area contributed by atoms with Crippen molar-refractivity contribution < 1.29 is 4.79 Å². The van der Waals surface area contributed by atoms with E-state index in [1.807, 2.05) is 6.08 Å². The van der Waals surface area contributed by atoms with Gasteiger partial charge in [-0.1, -0.05) is 6.08 Å². The maximum atomic E-state index is 12.1. The van der Waals surface area contributed by atoms with E-state index in [0.29, 0.717) is 25.3 Å². The van der Waals surface area contributed by atoms with Crippen molar-refractivity contribution in [1.82, 2.24) is 10.2 Å². The van der Waals surface area contributed by atoms with Crippen molar-refractivity contribution in [3.05, 3.63) is 12.7 Å². The van der Waals surface area contributed by atoms with Gasteiger partial charge in [0.05, 0.1) is 0 Å². The number of rotatable bonds is 9. The lowest BCUT2D eigenvalue weighted by atomic mass is 10.0. The second-order valence-electron chi connectivity index (χ2n) is 6.15. The number of nitrogens with zero attached hydrogens (tertiary/aromatic N) is 3. The van der Waals surface area contributed by atoms with Gasteiger partial charge in [0.15, 0.2) is 5.66 Å². The smallest absolute Gasteiger partial charge is 0.220 e. The summed E-state index contributed by atoms with van der Waals surface area (Å²) in [6, 6.07) is 0.308. The highest BCUT2D eigenvalue weighted by Crippen LogP contribution is 2.37. The Bertz CT molecular complexity index is 452. The summed E-state index contributed by atoms with van der Waals surface area (Å²) in [5, 5.41) is 11.3. The van der Waals surface area contributed by atoms with Gasteiger partial charge in [-0.15, -0.1) is 18.9 Å². The molecule has 120 valence electrons. The fraction of sp³-hybridized carbons (Fsp3) is 0.706. The Morgan fingerprint density at radius 3 is 2.73 bits per heavy atom. The normalized spacial score (nSPS) is 20.3. The highest BCUT2D eigenvalue weighted by Gasteiger charge is 2.39. The molecule has 1 saturated heterocycles. The molecule has 0 spiro atoms. The maximum absolute atomic E-state index is 12.1. The standard InChI is InChI=1S/C17H26N4O/c1-3-5-10-17(19-20-17)11-7-16(22)18-15-8-13-21(14-9-15)12-6-4-2/h1,4,15H,2,5-14H2,(H,18,22). The van der Waals surface area contributed by atoms with Crippen LogP contribution in [0, 0.1) is 12.3 Å². The molecule has 2 heterocycles. The first-order valence-electron chi connectivity index (χ1n) is 8.17. The zero-order valence-corrected chi connectivity index (χ0v) is 13.3. The van der Waals surface area contributed by atoms with Crippen LogP contribution in [-0.2, 0) is 4.79 Å². The van der Waals surface area contributed by atoms with Gasteiger partial charge in [0.1, 0.15) is 0 Å². The highest BCUT2D eigenvalue weighted by molar-refractivity contribution is 5.76. The molecule has 5 nitrogen and oxygen atoms in total. The Kier molecular flexibility index (Phi) is 6.14. The van der Waals surface area contributed by atoms with E-state index < -0.39 is 0 Å². The molecule has 5 heteroatoms. The molecule has 0 aromatic carbocycles. The van der Waals surface area contributed by atoms with Crippen LogP contribution in [-0.4, -0.2) is 42.1 Å². The third-order valence-corrected chi connectivity index (χ3v) is 4.41. The van der Waals surface area contributed by atoms with Gasteiger partial charge in [-0.05, 0) is 19.3 Å². The summed E-state index contributed by atoms with van der Waals surface area (Å²) in [5.74, 6) is 2.72. The largest absolute Gasteiger partial charge is 0.353 e. The third-order valence-electron chi connectivity index (χ3n) is 4.41. The molecule has 0 unspecified atom stereocenters. The summed E-state index contributed by atoms with van der Waals surface area (Å²) in [7, 11) is 0. The zero-order chi connectivity index (χ0) is 15.8. The molecule has 1 fully saturated rings. The highest BCUT2D eigenvalue weighted by atomic mass is 16.1. The minimum Gasteiger partial charge on any atom is -0.353 e. The summed E-state index contributed by atoms with van der Waals surface area (Å²) in [5.41, 5.74) is -0.349. The molecule has 1 N–H and O–H groups in total.